The molecule has 0 fully saturated rings. The summed E-state index contributed by atoms with van der Waals surface area (Å²) < 4.78 is 1.99. The summed E-state index contributed by atoms with van der Waals surface area (Å²) in [5.74, 6) is 1.70. The standard InChI is InChI=1S/C9H13N5S2.ClH/c1-2-11-8(15)12-7-5-6(10)14-3-4-16-9(14)13-7;/h5H,2-4,10H2,1H3,(H,11,15);1H. The number of nitrogens with zero attached hydrogens (tertiary/aromatic N) is 3. The number of thioether (sulfide) groups is 1. The fourth-order valence-electron chi connectivity index (χ4n) is 1.43. The fourth-order valence-corrected chi connectivity index (χ4v) is 2.63. The summed E-state index contributed by atoms with van der Waals surface area (Å²) in [5.41, 5.74) is 6.48. The maximum atomic E-state index is 5.91. The first-order valence-corrected chi connectivity index (χ1v) is 6.43. The molecule has 1 aliphatic rings. The van der Waals surface area contributed by atoms with E-state index >= 15 is 0 Å². The van der Waals surface area contributed by atoms with Gasteiger partial charge in [0.05, 0.1) is 0 Å². The molecule has 0 bridgehead atoms. The highest BCUT2D eigenvalue weighted by Gasteiger charge is 2.13. The second-order valence-electron chi connectivity index (χ2n) is 3.27. The lowest BCUT2D eigenvalue weighted by molar-refractivity contribution is 0.683. The predicted molar refractivity (Wildman–Crippen MR) is 76.4 cm³/mol. The van der Waals surface area contributed by atoms with E-state index in [0.717, 1.165) is 24.0 Å². The molecular formula is C9H14ClN5S2. The van der Waals surface area contributed by atoms with Crippen LogP contribution in [0.15, 0.2) is 16.2 Å². The van der Waals surface area contributed by atoms with Gasteiger partial charge in [-0.05, 0) is 19.1 Å². The molecule has 0 unspecified atom stereocenters. The van der Waals surface area contributed by atoms with Gasteiger partial charge < -0.3 is 15.6 Å². The molecule has 0 saturated carbocycles. The second kappa shape index (κ2) is 6.23. The molecule has 0 aromatic carbocycles. The zero-order valence-corrected chi connectivity index (χ0v) is 11.8. The first kappa shape index (κ1) is 14.3. The van der Waals surface area contributed by atoms with Crippen LogP contribution in [0.5, 0.6) is 0 Å². The Labute approximate surface area is 115 Å². The van der Waals surface area contributed by atoms with Crippen LogP contribution in [0.25, 0.3) is 0 Å². The molecule has 0 radical (unpaired) electrons. The van der Waals surface area contributed by atoms with Crippen molar-refractivity contribution in [3.8, 4) is 0 Å². The Bertz CT molecular complexity index is 485. The summed E-state index contributed by atoms with van der Waals surface area (Å²) in [6.07, 6.45) is 0. The second-order valence-corrected chi connectivity index (χ2v) is 4.72. The maximum absolute atomic E-state index is 5.91. The van der Waals surface area contributed by atoms with Crippen LogP contribution in [0.4, 0.5) is 5.82 Å². The van der Waals surface area contributed by atoms with Crippen molar-refractivity contribution in [3.05, 3.63) is 11.6 Å². The van der Waals surface area contributed by atoms with E-state index in [2.05, 4.69) is 15.3 Å². The van der Waals surface area contributed by atoms with E-state index in [0.29, 0.717) is 16.4 Å². The van der Waals surface area contributed by atoms with Gasteiger partial charge in [-0.15, -0.1) is 12.4 Å². The molecule has 5 nitrogen and oxygen atoms in total. The van der Waals surface area contributed by atoms with Gasteiger partial charge in [0.1, 0.15) is 5.82 Å². The third kappa shape index (κ3) is 3.34. The summed E-state index contributed by atoms with van der Waals surface area (Å²) in [6.45, 7) is 3.64. The van der Waals surface area contributed by atoms with E-state index in [9.17, 15) is 0 Å². The molecule has 2 rings (SSSR count). The highest BCUT2D eigenvalue weighted by Crippen LogP contribution is 2.23. The molecule has 1 aromatic heterocycles. The molecule has 2 heterocycles. The summed E-state index contributed by atoms with van der Waals surface area (Å²) >= 11 is 6.72. The van der Waals surface area contributed by atoms with Crippen LogP contribution in [0.1, 0.15) is 6.92 Å². The number of nitrogen functional groups attached to an aromatic ring is 1. The van der Waals surface area contributed by atoms with Crippen molar-refractivity contribution in [2.75, 3.05) is 18.0 Å². The Hall–Kier alpha value is -0.790. The van der Waals surface area contributed by atoms with Crippen molar-refractivity contribution in [1.82, 2.24) is 14.9 Å². The number of nitrogens with one attached hydrogen (secondary N) is 1. The lowest BCUT2D eigenvalue weighted by Gasteiger charge is -2.05. The Morgan fingerprint density at radius 2 is 2.53 bits per heavy atom. The number of thiocarbonyl (C=S) groups is 1. The van der Waals surface area contributed by atoms with Crippen LogP contribution in [-0.4, -0.2) is 27.0 Å². The van der Waals surface area contributed by atoms with Crippen LogP contribution in [-0.2, 0) is 6.54 Å². The molecule has 0 amide bonds. The van der Waals surface area contributed by atoms with Gasteiger partial charge in [-0.1, -0.05) is 11.8 Å². The smallest absolute Gasteiger partial charge is 0.194 e. The highest BCUT2D eigenvalue weighted by atomic mass is 35.5. The van der Waals surface area contributed by atoms with Crippen LogP contribution < -0.4 is 16.5 Å². The summed E-state index contributed by atoms with van der Waals surface area (Å²) in [6, 6.07) is 1.75. The number of anilines is 1. The van der Waals surface area contributed by atoms with Gasteiger partial charge in [-0.3, -0.25) is 0 Å². The molecule has 8 heteroatoms. The lowest BCUT2D eigenvalue weighted by Crippen LogP contribution is -2.24. The van der Waals surface area contributed by atoms with Gasteiger partial charge in [0, 0.05) is 24.9 Å². The van der Waals surface area contributed by atoms with Crippen LogP contribution in [0.2, 0.25) is 0 Å². The molecule has 0 atom stereocenters. The van der Waals surface area contributed by atoms with E-state index in [-0.39, 0.29) is 12.4 Å². The van der Waals surface area contributed by atoms with E-state index in [4.69, 9.17) is 18.0 Å². The van der Waals surface area contributed by atoms with Gasteiger partial charge in [0.15, 0.2) is 15.8 Å². The molecule has 0 spiro atoms. The highest BCUT2D eigenvalue weighted by molar-refractivity contribution is 7.99. The maximum Gasteiger partial charge on any atom is 0.194 e. The SMILES string of the molecule is CCNC(=S)N=c1cc(N)n2c(n1)SCC2.Cl. The van der Waals surface area contributed by atoms with Gasteiger partial charge in [0.25, 0.3) is 0 Å². The molecule has 0 saturated heterocycles. The van der Waals surface area contributed by atoms with Crippen LogP contribution >= 0.6 is 36.4 Å². The van der Waals surface area contributed by atoms with Gasteiger partial charge in [-0.2, -0.15) is 0 Å². The Kier molecular flexibility index (Phi) is 5.23. The minimum absolute atomic E-state index is 0. The number of hydrogen-bond acceptors (Lipinski definition) is 4. The van der Waals surface area contributed by atoms with E-state index in [1.807, 2.05) is 11.5 Å². The van der Waals surface area contributed by atoms with Crippen LogP contribution in [0.3, 0.4) is 0 Å². The zero-order valence-electron chi connectivity index (χ0n) is 9.34. The summed E-state index contributed by atoms with van der Waals surface area (Å²) in [5, 5.41) is 4.31. The summed E-state index contributed by atoms with van der Waals surface area (Å²) in [7, 11) is 0. The minimum Gasteiger partial charge on any atom is -0.385 e. The molecule has 1 aliphatic heterocycles. The number of nitrogens with two attached hydrogens (primary N) is 1. The largest absolute Gasteiger partial charge is 0.385 e. The molecule has 1 aromatic rings. The van der Waals surface area contributed by atoms with Gasteiger partial charge in [-0.25, -0.2) is 9.98 Å². The Balaban J connectivity index is 0.00000144. The number of rotatable bonds is 1. The van der Waals surface area contributed by atoms with E-state index < -0.39 is 0 Å². The topological polar surface area (TPSA) is 68.2 Å². The minimum atomic E-state index is 0. The van der Waals surface area contributed by atoms with Gasteiger partial charge in [0.2, 0.25) is 0 Å². The number of halogens is 1. The van der Waals surface area contributed by atoms with E-state index in [1.54, 1.807) is 17.8 Å². The lowest BCUT2D eigenvalue weighted by atomic mass is 10.5. The molecule has 17 heavy (non-hydrogen) atoms. The van der Waals surface area contributed by atoms with Crippen molar-refractivity contribution in [1.29, 1.82) is 0 Å². The number of fused-ring (bicyclic) bond motifs is 1. The van der Waals surface area contributed by atoms with Crippen molar-refractivity contribution < 1.29 is 0 Å². The first-order valence-electron chi connectivity index (χ1n) is 5.03. The Morgan fingerprint density at radius 1 is 1.76 bits per heavy atom. The van der Waals surface area contributed by atoms with Crippen molar-refractivity contribution in [3.63, 3.8) is 0 Å². The average Bonchev–Trinajstić information content (AvgIpc) is 2.66. The molecule has 0 aliphatic carbocycles. The molecular weight excluding hydrogens is 278 g/mol. The van der Waals surface area contributed by atoms with Crippen LogP contribution in [0, 0.1) is 0 Å². The zero-order chi connectivity index (χ0) is 11.5. The monoisotopic (exact) mass is 291 g/mol. The van der Waals surface area contributed by atoms with Gasteiger partial charge >= 0.3 is 0 Å². The predicted octanol–water partition coefficient (Wildman–Crippen LogP) is 0.788. The van der Waals surface area contributed by atoms with E-state index in [1.165, 1.54) is 0 Å². The quantitative estimate of drug-likeness (QED) is 0.591. The summed E-state index contributed by atoms with van der Waals surface area (Å²) in [4.78, 5) is 8.58. The third-order valence-corrected chi connectivity index (χ3v) is 3.31. The van der Waals surface area contributed by atoms with Crippen molar-refractivity contribution in [2.45, 2.75) is 18.6 Å². The fraction of sp³-hybridized carbons (Fsp3) is 0.444. The third-order valence-electron chi connectivity index (χ3n) is 2.12. The Morgan fingerprint density at radius 3 is 3.24 bits per heavy atom. The van der Waals surface area contributed by atoms with Crippen molar-refractivity contribution in [2.24, 2.45) is 4.99 Å². The first-order chi connectivity index (χ1) is 7.70. The number of hydrogen-bond donors (Lipinski definition) is 2. The van der Waals surface area contributed by atoms with Crippen molar-refractivity contribution >= 4 is 47.3 Å². The average molecular weight is 292 g/mol. The normalized spacial score (nSPS) is 14.1. The number of aromatic nitrogens is 2. The molecule has 94 valence electrons. The molecule has 3 N–H and O–H groups in total.